The Bertz CT molecular complexity index is 473. The number of carbonyl (C=O) groups excluding carboxylic acids is 1. The SMILES string of the molecule is NCCCC(=O)NCC1(c2cccc(Br)c2)CCOCC1. The minimum absolute atomic E-state index is 0.0274. The molecule has 0 aliphatic carbocycles. The lowest BCUT2D eigenvalue weighted by atomic mass is 9.74. The van der Waals surface area contributed by atoms with Crippen LogP contribution in [0.4, 0.5) is 0 Å². The van der Waals surface area contributed by atoms with E-state index in [4.69, 9.17) is 10.5 Å². The second-order valence-electron chi connectivity index (χ2n) is 5.57. The maximum atomic E-state index is 11.9. The van der Waals surface area contributed by atoms with Gasteiger partial charge in [-0.25, -0.2) is 0 Å². The van der Waals surface area contributed by atoms with Gasteiger partial charge in [-0.2, -0.15) is 0 Å². The molecular formula is C16H23BrN2O2. The van der Waals surface area contributed by atoms with Crippen molar-refractivity contribution < 1.29 is 9.53 Å². The maximum Gasteiger partial charge on any atom is 0.220 e. The zero-order chi connectivity index (χ0) is 15.1. The lowest BCUT2D eigenvalue weighted by Gasteiger charge is -2.38. The molecule has 2 rings (SSSR count). The van der Waals surface area contributed by atoms with Crippen molar-refractivity contribution in [3.05, 3.63) is 34.3 Å². The summed E-state index contributed by atoms with van der Waals surface area (Å²) < 4.78 is 6.58. The lowest BCUT2D eigenvalue weighted by molar-refractivity contribution is -0.121. The Hall–Kier alpha value is -0.910. The zero-order valence-corrected chi connectivity index (χ0v) is 13.8. The van der Waals surface area contributed by atoms with Crippen molar-refractivity contribution in [1.82, 2.24) is 5.32 Å². The van der Waals surface area contributed by atoms with Gasteiger partial charge in [0.05, 0.1) is 0 Å². The summed E-state index contributed by atoms with van der Waals surface area (Å²) in [6.07, 6.45) is 3.10. The molecule has 5 heteroatoms. The fourth-order valence-electron chi connectivity index (χ4n) is 2.77. The number of nitrogens with one attached hydrogen (secondary N) is 1. The summed E-state index contributed by atoms with van der Waals surface area (Å²) in [5.41, 5.74) is 6.68. The minimum Gasteiger partial charge on any atom is -0.381 e. The quantitative estimate of drug-likeness (QED) is 0.823. The molecule has 0 atom stereocenters. The van der Waals surface area contributed by atoms with Crippen molar-refractivity contribution in [3.8, 4) is 0 Å². The minimum atomic E-state index is -0.0274. The van der Waals surface area contributed by atoms with Crippen molar-refractivity contribution in [2.75, 3.05) is 26.3 Å². The molecule has 0 bridgehead atoms. The first-order valence-corrected chi connectivity index (χ1v) is 8.26. The van der Waals surface area contributed by atoms with E-state index in [0.29, 0.717) is 19.5 Å². The molecule has 1 heterocycles. The molecule has 1 aliphatic heterocycles. The third-order valence-corrected chi connectivity index (χ3v) is 4.61. The highest BCUT2D eigenvalue weighted by Crippen LogP contribution is 2.35. The highest BCUT2D eigenvalue weighted by molar-refractivity contribution is 9.10. The van der Waals surface area contributed by atoms with E-state index in [1.165, 1.54) is 5.56 Å². The summed E-state index contributed by atoms with van der Waals surface area (Å²) in [6.45, 7) is 2.70. The molecule has 1 aromatic carbocycles. The van der Waals surface area contributed by atoms with Crippen LogP contribution >= 0.6 is 15.9 Å². The Balaban J connectivity index is 2.08. The van der Waals surface area contributed by atoms with Gasteiger partial charge in [0, 0.05) is 36.1 Å². The van der Waals surface area contributed by atoms with Gasteiger partial charge in [0.25, 0.3) is 0 Å². The van der Waals surface area contributed by atoms with Gasteiger partial charge in [-0.15, -0.1) is 0 Å². The molecule has 1 saturated heterocycles. The average molecular weight is 355 g/mol. The molecule has 4 nitrogen and oxygen atoms in total. The largest absolute Gasteiger partial charge is 0.381 e. The predicted octanol–water partition coefficient (Wildman–Crippen LogP) is 2.35. The Morgan fingerprint density at radius 2 is 2.14 bits per heavy atom. The number of carbonyl (C=O) groups is 1. The first-order valence-electron chi connectivity index (χ1n) is 7.47. The van der Waals surface area contributed by atoms with E-state index in [1.54, 1.807) is 0 Å². The van der Waals surface area contributed by atoms with E-state index >= 15 is 0 Å². The van der Waals surface area contributed by atoms with Crippen LogP contribution in [0.15, 0.2) is 28.7 Å². The van der Waals surface area contributed by atoms with Crippen molar-refractivity contribution in [2.45, 2.75) is 31.1 Å². The van der Waals surface area contributed by atoms with Crippen LogP contribution in [0.3, 0.4) is 0 Å². The molecule has 1 aromatic rings. The number of hydrogen-bond donors (Lipinski definition) is 2. The second-order valence-corrected chi connectivity index (χ2v) is 6.49. The van der Waals surface area contributed by atoms with E-state index in [1.807, 2.05) is 12.1 Å². The third-order valence-electron chi connectivity index (χ3n) is 4.12. The van der Waals surface area contributed by atoms with Gasteiger partial charge in [0.2, 0.25) is 5.91 Å². The Labute approximate surface area is 134 Å². The molecule has 116 valence electrons. The molecule has 1 aliphatic rings. The summed E-state index contributed by atoms with van der Waals surface area (Å²) in [5.74, 6) is 0.0845. The highest BCUT2D eigenvalue weighted by Gasteiger charge is 2.34. The molecule has 1 fully saturated rings. The van der Waals surface area contributed by atoms with Gasteiger partial charge in [0.1, 0.15) is 0 Å². The summed E-state index contributed by atoms with van der Waals surface area (Å²) in [7, 11) is 0. The summed E-state index contributed by atoms with van der Waals surface area (Å²) in [5, 5.41) is 3.08. The first-order chi connectivity index (χ1) is 10.2. The Morgan fingerprint density at radius 3 is 2.81 bits per heavy atom. The van der Waals surface area contributed by atoms with Crippen LogP contribution in [-0.2, 0) is 14.9 Å². The fraction of sp³-hybridized carbons (Fsp3) is 0.562. The number of halogens is 1. The Morgan fingerprint density at radius 1 is 1.38 bits per heavy atom. The molecule has 3 N–H and O–H groups in total. The van der Waals surface area contributed by atoms with Crippen molar-refractivity contribution in [2.24, 2.45) is 5.73 Å². The summed E-state index contributed by atoms with van der Waals surface area (Å²) >= 11 is 3.53. The van der Waals surface area contributed by atoms with Crippen LogP contribution in [0.1, 0.15) is 31.2 Å². The number of benzene rings is 1. The molecule has 0 radical (unpaired) electrons. The lowest BCUT2D eigenvalue weighted by Crippen LogP contribution is -2.44. The fourth-order valence-corrected chi connectivity index (χ4v) is 3.17. The van der Waals surface area contributed by atoms with Crippen LogP contribution < -0.4 is 11.1 Å². The summed E-state index contributed by atoms with van der Waals surface area (Å²) in [4.78, 5) is 11.9. The number of nitrogens with two attached hydrogens (primary N) is 1. The van der Waals surface area contributed by atoms with Crippen molar-refractivity contribution in [3.63, 3.8) is 0 Å². The van der Waals surface area contributed by atoms with Crippen LogP contribution in [0, 0.1) is 0 Å². The summed E-state index contributed by atoms with van der Waals surface area (Å²) in [6, 6.07) is 8.36. The van der Waals surface area contributed by atoms with E-state index in [0.717, 1.165) is 36.9 Å². The standard InChI is InChI=1S/C16H23BrN2O2/c17-14-4-1-3-13(11-14)16(6-9-21-10-7-16)12-19-15(20)5-2-8-18/h1,3-4,11H,2,5-10,12,18H2,(H,19,20). The Kier molecular flexibility index (Phi) is 6.21. The average Bonchev–Trinajstić information content (AvgIpc) is 2.52. The first kappa shape index (κ1) is 16.5. The number of ether oxygens (including phenoxy) is 1. The monoisotopic (exact) mass is 354 g/mol. The van der Waals surface area contributed by atoms with Crippen molar-refractivity contribution in [1.29, 1.82) is 0 Å². The molecular weight excluding hydrogens is 332 g/mol. The van der Waals surface area contributed by atoms with Crippen LogP contribution in [-0.4, -0.2) is 32.2 Å². The van der Waals surface area contributed by atoms with Crippen LogP contribution in [0.25, 0.3) is 0 Å². The zero-order valence-electron chi connectivity index (χ0n) is 12.2. The number of hydrogen-bond acceptors (Lipinski definition) is 3. The van der Waals surface area contributed by atoms with Crippen LogP contribution in [0.2, 0.25) is 0 Å². The second kappa shape index (κ2) is 7.92. The third kappa shape index (κ3) is 4.53. The van der Waals surface area contributed by atoms with E-state index in [-0.39, 0.29) is 11.3 Å². The van der Waals surface area contributed by atoms with Crippen molar-refractivity contribution >= 4 is 21.8 Å². The number of amides is 1. The van der Waals surface area contributed by atoms with E-state index in [2.05, 4.69) is 33.4 Å². The number of rotatable bonds is 6. The van der Waals surface area contributed by atoms with E-state index in [9.17, 15) is 4.79 Å². The smallest absolute Gasteiger partial charge is 0.220 e. The van der Waals surface area contributed by atoms with Gasteiger partial charge in [-0.05, 0) is 43.5 Å². The van der Waals surface area contributed by atoms with Crippen LogP contribution in [0.5, 0.6) is 0 Å². The predicted molar refractivity (Wildman–Crippen MR) is 87.2 cm³/mol. The molecule has 0 unspecified atom stereocenters. The molecule has 0 saturated carbocycles. The molecule has 1 amide bonds. The van der Waals surface area contributed by atoms with Gasteiger partial charge < -0.3 is 15.8 Å². The van der Waals surface area contributed by atoms with Gasteiger partial charge >= 0.3 is 0 Å². The topological polar surface area (TPSA) is 64.4 Å². The molecule has 21 heavy (non-hydrogen) atoms. The van der Waals surface area contributed by atoms with E-state index < -0.39 is 0 Å². The van der Waals surface area contributed by atoms with Gasteiger partial charge in [0.15, 0.2) is 0 Å². The molecule has 0 spiro atoms. The molecule has 0 aromatic heterocycles. The highest BCUT2D eigenvalue weighted by atomic mass is 79.9. The maximum absolute atomic E-state index is 11.9. The van der Waals surface area contributed by atoms with Gasteiger partial charge in [-0.1, -0.05) is 28.1 Å². The van der Waals surface area contributed by atoms with Gasteiger partial charge in [-0.3, -0.25) is 4.79 Å². The normalized spacial score (nSPS) is 17.4.